The summed E-state index contributed by atoms with van der Waals surface area (Å²) in [4.78, 5) is 9.11. The van der Waals surface area contributed by atoms with E-state index in [1.165, 1.54) is 0 Å². The Bertz CT molecular complexity index is 969. The summed E-state index contributed by atoms with van der Waals surface area (Å²) in [6.07, 6.45) is 0.192. The van der Waals surface area contributed by atoms with E-state index in [0.29, 0.717) is 16.5 Å². The van der Waals surface area contributed by atoms with Gasteiger partial charge in [-0.05, 0) is 38.5 Å². The number of aryl methyl sites for hydroxylation is 2. The van der Waals surface area contributed by atoms with Gasteiger partial charge in [-0.15, -0.1) is 0 Å². The van der Waals surface area contributed by atoms with Crippen LogP contribution in [-0.2, 0) is 6.54 Å². The second kappa shape index (κ2) is 10.3. The van der Waals surface area contributed by atoms with Gasteiger partial charge < -0.3 is 20.3 Å². The third kappa shape index (κ3) is 5.49. The number of aliphatic imine (C=N–C) groups is 1. The maximum atomic E-state index is 10.4. The topological polar surface area (TPSA) is 74.5 Å². The molecule has 0 aliphatic rings. The van der Waals surface area contributed by atoms with E-state index in [0.717, 1.165) is 42.9 Å². The first-order valence-corrected chi connectivity index (χ1v) is 10.3. The first kappa shape index (κ1) is 21.1. The number of guanidine groups is 1. The van der Waals surface area contributed by atoms with Crippen molar-refractivity contribution in [1.29, 1.82) is 0 Å². The van der Waals surface area contributed by atoms with E-state index in [-0.39, 0.29) is 6.54 Å². The lowest BCUT2D eigenvalue weighted by Gasteiger charge is -2.14. The van der Waals surface area contributed by atoms with Crippen LogP contribution in [0.2, 0.25) is 5.02 Å². The van der Waals surface area contributed by atoms with E-state index in [9.17, 15) is 5.11 Å². The summed E-state index contributed by atoms with van der Waals surface area (Å²) in [5, 5.41) is 17.5. The largest absolute Gasteiger partial charge is 0.386 e. The number of aliphatic hydroxyl groups is 1. The Balaban J connectivity index is 1.54. The number of imidazole rings is 1. The Morgan fingerprint density at radius 1 is 1.17 bits per heavy atom. The van der Waals surface area contributed by atoms with Crippen molar-refractivity contribution in [3.63, 3.8) is 0 Å². The highest BCUT2D eigenvalue weighted by Gasteiger charge is 2.11. The minimum absolute atomic E-state index is 0.240. The first-order chi connectivity index (χ1) is 14.1. The minimum Gasteiger partial charge on any atom is -0.386 e. The van der Waals surface area contributed by atoms with Crippen molar-refractivity contribution in [3.8, 4) is 0 Å². The summed E-state index contributed by atoms with van der Waals surface area (Å²) in [5.74, 6) is 1.71. The van der Waals surface area contributed by atoms with Crippen molar-refractivity contribution in [2.24, 2.45) is 4.99 Å². The summed E-state index contributed by atoms with van der Waals surface area (Å²) >= 11 is 6.15. The van der Waals surface area contributed by atoms with Crippen LogP contribution in [0.15, 0.2) is 53.5 Å². The fourth-order valence-corrected chi connectivity index (χ4v) is 3.55. The number of benzene rings is 2. The van der Waals surface area contributed by atoms with Crippen molar-refractivity contribution in [1.82, 2.24) is 20.2 Å². The van der Waals surface area contributed by atoms with Crippen molar-refractivity contribution >= 4 is 28.6 Å². The maximum Gasteiger partial charge on any atom is 0.191 e. The number of hydrogen-bond acceptors (Lipinski definition) is 3. The molecule has 6 nitrogen and oxygen atoms in total. The van der Waals surface area contributed by atoms with Gasteiger partial charge in [0.25, 0.3) is 0 Å². The molecular weight excluding hydrogens is 386 g/mol. The Kier molecular flexibility index (Phi) is 7.49. The lowest BCUT2D eigenvalue weighted by atomic mass is 10.1. The number of rotatable bonds is 8. The molecule has 154 valence electrons. The lowest BCUT2D eigenvalue weighted by Crippen LogP contribution is -2.38. The quantitative estimate of drug-likeness (QED) is 0.299. The molecule has 1 atom stereocenters. The number of aliphatic hydroxyl groups excluding tert-OH is 1. The molecule has 1 heterocycles. The molecule has 0 fully saturated rings. The molecule has 3 rings (SSSR count). The molecule has 29 heavy (non-hydrogen) atoms. The summed E-state index contributed by atoms with van der Waals surface area (Å²) in [5.41, 5.74) is 2.88. The SMILES string of the molecule is CCNC(=NCC(O)c1ccccc1Cl)NCCCn1c(C)nc2ccccc21. The fraction of sp³-hybridized carbons (Fsp3) is 0.364. The summed E-state index contributed by atoms with van der Waals surface area (Å²) in [7, 11) is 0. The van der Waals surface area contributed by atoms with E-state index in [1.54, 1.807) is 6.07 Å². The van der Waals surface area contributed by atoms with Gasteiger partial charge in [0, 0.05) is 30.2 Å². The number of nitrogens with one attached hydrogen (secondary N) is 2. The van der Waals surface area contributed by atoms with Gasteiger partial charge in [0.05, 0.1) is 17.6 Å². The zero-order valence-corrected chi connectivity index (χ0v) is 17.7. The minimum atomic E-state index is -0.737. The van der Waals surface area contributed by atoms with E-state index in [4.69, 9.17) is 11.6 Å². The number of nitrogens with zero attached hydrogens (tertiary/aromatic N) is 3. The highest BCUT2D eigenvalue weighted by Crippen LogP contribution is 2.22. The molecule has 0 saturated heterocycles. The average molecular weight is 414 g/mol. The van der Waals surface area contributed by atoms with Gasteiger partial charge >= 0.3 is 0 Å². The molecule has 2 aromatic carbocycles. The van der Waals surface area contributed by atoms with Crippen LogP contribution in [0.5, 0.6) is 0 Å². The van der Waals surface area contributed by atoms with Crippen molar-refractivity contribution < 1.29 is 5.11 Å². The number of hydrogen-bond donors (Lipinski definition) is 3. The number of aromatic nitrogens is 2. The van der Waals surface area contributed by atoms with Gasteiger partial charge in [0.1, 0.15) is 11.9 Å². The van der Waals surface area contributed by atoms with Crippen molar-refractivity contribution in [2.45, 2.75) is 32.9 Å². The molecule has 0 amide bonds. The molecule has 0 aliphatic carbocycles. The normalized spacial score (nSPS) is 12.9. The third-order valence-electron chi connectivity index (χ3n) is 4.73. The van der Waals surface area contributed by atoms with E-state index >= 15 is 0 Å². The Morgan fingerprint density at radius 3 is 2.72 bits per heavy atom. The van der Waals surface area contributed by atoms with Crippen molar-refractivity contribution in [2.75, 3.05) is 19.6 Å². The lowest BCUT2D eigenvalue weighted by molar-refractivity contribution is 0.187. The van der Waals surface area contributed by atoms with Gasteiger partial charge in [0.15, 0.2) is 5.96 Å². The van der Waals surface area contributed by atoms with Crippen LogP contribution >= 0.6 is 11.6 Å². The maximum absolute atomic E-state index is 10.4. The molecule has 1 unspecified atom stereocenters. The molecule has 0 saturated carbocycles. The molecular formula is C22H28ClN5O. The molecule has 3 N–H and O–H groups in total. The first-order valence-electron chi connectivity index (χ1n) is 9.96. The zero-order chi connectivity index (χ0) is 20.6. The molecule has 0 spiro atoms. The highest BCUT2D eigenvalue weighted by atomic mass is 35.5. The van der Waals surface area contributed by atoms with Crippen LogP contribution in [0, 0.1) is 6.92 Å². The smallest absolute Gasteiger partial charge is 0.191 e. The summed E-state index contributed by atoms with van der Waals surface area (Å²) in [6, 6.07) is 15.5. The third-order valence-corrected chi connectivity index (χ3v) is 5.07. The van der Waals surface area contributed by atoms with Gasteiger partial charge in [0.2, 0.25) is 0 Å². The molecule has 3 aromatic rings. The van der Waals surface area contributed by atoms with E-state index in [2.05, 4.69) is 31.2 Å². The zero-order valence-electron chi connectivity index (χ0n) is 16.9. The van der Waals surface area contributed by atoms with Gasteiger partial charge in [-0.2, -0.15) is 0 Å². The molecule has 7 heteroatoms. The molecule has 0 bridgehead atoms. The van der Waals surface area contributed by atoms with Gasteiger partial charge in [-0.1, -0.05) is 41.9 Å². The van der Waals surface area contributed by atoms with Crippen LogP contribution in [0.3, 0.4) is 0 Å². The van der Waals surface area contributed by atoms with E-state index in [1.807, 2.05) is 50.2 Å². The van der Waals surface area contributed by atoms with Crippen LogP contribution in [0.1, 0.15) is 30.8 Å². The Hall–Kier alpha value is -2.57. The summed E-state index contributed by atoms with van der Waals surface area (Å²) < 4.78 is 2.24. The Labute approximate surface area is 176 Å². The molecule has 0 radical (unpaired) electrons. The molecule has 1 aromatic heterocycles. The average Bonchev–Trinajstić information content (AvgIpc) is 3.04. The second-order valence-corrected chi connectivity index (χ2v) is 7.24. The number of para-hydroxylation sites is 2. The van der Waals surface area contributed by atoms with Gasteiger partial charge in [-0.3, -0.25) is 4.99 Å². The molecule has 0 aliphatic heterocycles. The second-order valence-electron chi connectivity index (χ2n) is 6.84. The van der Waals surface area contributed by atoms with Crippen LogP contribution in [0.4, 0.5) is 0 Å². The number of fused-ring (bicyclic) bond motifs is 1. The van der Waals surface area contributed by atoms with Crippen molar-refractivity contribution in [3.05, 3.63) is 64.9 Å². The van der Waals surface area contributed by atoms with Crippen LogP contribution < -0.4 is 10.6 Å². The number of halogens is 1. The summed E-state index contributed by atoms with van der Waals surface area (Å²) in [6.45, 7) is 6.68. The standard InChI is InChI=1S/C22H28ClN5O/c1-3-24-22(26-15-21(29)17-9-4-5-10-18(17)23)25-13-8-14-28-16(2)27-19-11-6-7-12-20(19)28/h4-7,9-12,21,29H,3,8,13-15H2,1-2H3,(H2,24,25,26). The monoisotopic (exact) mass is 413 g/mol. The van der Waals surface area contributed by atoms with E-state index < -0.39 is 6.10 Å². The van der Waals surface area contributed by atoms with Gasteiger partial charge in [-0.25, -0.2) is 4.98 Å². The Morgan fingerprint density at radius 2 is 1.93 bits per heavy atom. The predicted molar refractivity (Wildman–Crippen MR) is 119 cm³/mol. The van der Waals surface area contributed by atoms with Crippen LogP contribution in [0.25, 0.3) is 11.0 Å². The highest BCUT2D eigenvalue weighted by molar-refractivity contribution is 6.31. The fourth-order valence-electron chi connectivity index (χ4n) is 3.29. The van der Waals surface area contributed by atoms with Crippen LogP contribution in [-0.4, -0.2) is 40.3 Å². The predicted octanol–water partition coefficient (Wildman–Crippen LogP) is 3.68.